The van der Waals surface area contributed by atoms with Gasteiger partial charge in [-0.1, -0.05) is 208 Å². The standard InChI is InChI=1S/C11H22O3.C10H21NO.C9H19NO.C9H20.C8H17NO.C7H16/c1-10(2)4-6-13-8-9-14-7-5-11(3)12;1-4-5-6-7-8-11-10(12)9(2)3;1-4-5-6-7-10-9(11)8(2)3;1-4-5-6-7-8-9(2)3;1-4-5-6-9-8(10)7(2)3;1-4-5-6-7(2)3/h10H,4-9H2,1-3H3;9H,4-8H2,1-3H3,(H,11,12);8H,4-7H2,1-3H3,(H,10,11);9H,4-8H2,1-3H3;7H,4-6H2,1-3H3,(H,9,10);7H,4-6H2,1-3H3. The van der Waals surface area contributed by atoms with Crippen molar-refractivity contribution < 1.29 is 28.7 Å². The summed E-state index contributed by atoms with van der Waals surface area (Å²) in [6.07, 6.45) is 23.4. The molecule has 0 saturated heterocycles. The van der Waals surface area contributed by atoms with Crippen LogP contribution in [-0.2, 0) is 28.7 Å². The number of carbonyl (C=O) groups excluding carboxylic acids is 4. The predicted octanol–water partition coefficient (Wildman–Crippen LogP) is 14.3. The van der Waals surface area contributed by atoms with Crippen molar-refractivity contribution in [1.82, 2.24) is 16.0 Å². The van der Waals surface area contributed by atoms with E-state index in [-0.39, 0.29) is 41.3 Å². The normalized spacial score (nSPS) is 10.4. The van der Waals surface area contributed by atoms with E-state index < -0.39 is 0 Å². The fourth-order valence-corrected chi connectivity index (χ4v) is 4.80. The topological polar surface area (TPSA) is 123 Å². The summed E-state index contributed by atoms with van der Waals surface area (Å²) in [5, 5.41) is 8.62. The number of rotatable bonds is 32. The lowest BCUT2D eigenvalue weighted by Gasteiger charge is -2.06. The Bertz CT molecular complexity index is 921. The Morgan fingerprint density at radius 2 is 0.683 bits per heavy atom. The Balaban J connectivity index is -0.000000157. The second kappa shape index (κ2) is 60.0. The van der Waals surface area contributed by atoms with E-state index in [0.29, 0.717) is 32.2 Å². The molecule has 0 spiro atoms. The van der Waals surface area contributed by atoms with Crippen LogP contribution in [0.3, 0.4) is 0 Å². The predicted molar refractivity (Wildman–Crippen MR) is 276 cm³/mol. The van der Waals surface area contributed by atoms with E-state index in [1.54, 1.807) is 6.92 Å². The smallest absolute Gasteiger partial charge is 0.222 e. The van der Waals surface area contributed by atoms with E-state index in [1.807, 2.05) is 41.5 Å². The highest BCUT2D eigenvalue weighted by Crippen LogP contribution is 2.09. The van der Waals surface area contributed by atoms with Crippen LogP contribution in [0.5, 0.6) is 0 Å². The molecule has 3 amide bonds. The highest BCUT2D eigenvalue weighted by molar-refractivity contribution is 5.78. The van der Waals surface area contributed by atoms with Crippen molar-refractivity contribution in [3.05, 3.63) is 0 Å². The van der Waals surface area contributed by atoms with Gasteiger partial charge >= 0.3 is 0 Å². The molecule has 0 bridgehead atoms. The first-order valence-electron chi connectivity index (χ1n) is 26.2. The molecule has 9 heteroatoms. The van der Waals surface area contributed by atoms with Crippen LogP contribution in [0.2, 0.25) is 0 Å². The Hall–Kier alpha value is -2.00. The first-order chi connectivity index (χ1) is 29.7. The summed E-state index contributed by atoms with van der Waals surface area (Å²) in [5.41, 5.74) is 0. The summed E-state index contributed by atoms with van der Waals surface area (Å²) in [5.74, 6) is 3.53. The number of unbranched alkanes of at least 4 members (excludes halogenated alkanes) is 10. The molecule has 0 heterocycles. The van der Waals surface area contributed by atoms with Crippen LogP contribution < -0.4 is 16.0 Å². The molecule has 0 aromatic carbocycles. The summed E-state index contributed by atoms with van der Waals surface area (Å²) < 4.78 is 10.5. The van der Waals surface area contributed by atoms with Crippen molar-refractivity contribution >= 4 is 23.5 Å². The molecule has 0 saturated carbocycles. The average molecular weight is 903 g/mol. The van der Waals surface area contributed by atoms with Crippen LogP contribution in [0.1, 0.15) is 247 Å². The minimum absolute atomic E-state index is 0.121. The molecule has 0 atom stereocenters. The van der Waals surface area contributed by atoms with Crippen molar-refractivity contribution in [3.63, 3.8) is 0 Å². The zero-order chi connectivity index (χ0) is 49.7. The zero-order valence-electron chi connectivity index (χ0n) is 45.8. The average Bonchev–Trinajstić information content (AvgIpc) is 3.22. The maximum absolute atomic E-state index is 11.1. The fourth-order valence-electron chi connectivity index (χ4n) is 4.80. The van der Waals surface area contributed by atoms with Crippen molar-refractivity contribution in [2.24, 2.45) is 35.5 Å². The summed E-state index contributed by atoms with van der Waals surface area (Å²) in [6.45, 7) is 42.5. The third kappa shape index (κ3) is 84.1. The van der Waals surface area contributed by atoms with Gasteiger partial charge in [0.05, 0.1) is 19.8 Å². The molecule has 0 aliphatic carbocycles. The van der Waals surface area contributed by atoms with Gasteiger partial charge in [-0.25, -0.2) is 0 Å². The minimum atomic E-state index is 0.121. The van der Waals surface area contributed by atoms with Crippen LogP contribution in [0, 0.1) is 35.5 Å². The summed E-state index contributed by atoms with van der Waals surface area (Å²) in [4.78, 5) is 43.5. The molecule has 0 aliphatic heterocycles. The number of amides is 3. The molecule has 0 unspecified atom stereocenters. The van der Waals surface area contributed by atoms with Gasteiger partial charge < -0.3 is 25.4 Å². The van der Waals surface area contributed by atoms with Crippen LogP contribution >= 0.6 is 0 Å². The van der Waals surface area contributed by atoms with E-state index >= 15 is 0 Å². The quantitative estimate of drug-likeness (QED) is 0.0578. The summed E-state index contributed by atoms with van der Waals surface area (Å²) in [7, 11) is 0. The van der Waals surface area contributed by atoms with Crippen LogP contribution in [-0.4, -0.2) is 69.6 Å². The molecule has 9 nitrogen and oxygen atoms in total. The van der Waals surface area contributed by atoms with Crippen LogP contribution in [0.4, 0.5) is 0 Å². The van der Waals surface area contributed by atoms with Crippen molar-refractivity contribution in [1.29, 1.82) is 0 Å². The van der Waals surface area contributed by atoms with Gasteiger partial charge in [-0.2, -0.15) is 0 Å². The lowest BCUT2D eigenvalue weighted by atomic mass is 10.1. The molecule has 0 rings (SSSR count). The first kappa shape index (κ1) is 72.6. The van der Waals surface area contributed by atoms with Crippen LogP contribution in [0.15, 0.2) is 0 Å². The maximum atomic E-state index is 11.1. The summed E-state index contributed by atoms with van der Waals surface area (Å²) >= 11 is 0. The molecule has 3 N–H and O–H groups in total. The van der Waals surface area contributed by atoms with Gasteiger partial charge in [-0.05, 0) is 50.4 Å². The Labute approximate surface area is 395 Å². The molecule has 0 aromatic heterocycles. The highest BCUT2D eigenvalue weighted by atomic mass is 16.5. The molecule has 0 radical (unpaired) electrons. The van der Waals surface area contributed by atoms with Crippen molar-refractivity contribution in [2.45, 2.75) is 247 Å². The lowest BCUT2D eigenvalue weighted by Crippen LogP contribution is -2.28. The number of hydrogen-bond donors (Lipinski definition) is 3. The van der Waals surface area contributed by atoms with Gasteiger partial charge in [0.2, 0.25) is 17.7 Å². The lowest BCUT2D eigenvalue weighted by molar-refractivity contribution is -0.124. The number of Topliss-reactive ketones (excluding diaryl/α,β-unsaturated/α-hetero) is 1. The Morgan fingerprint density at radius 3 is 1.02 bits per heavy atom. The Kier molecular flexibility index (Phi) is 69.1. The van der Waals surface area contributed by atoms with E-state index in [9.17, 15) is 19.2 Å². The molecule has 0 fully saturated rings. The third-order valence-corrected chi connectivity index (χ3v) is 9.39. The van der Waals surface area contributed by atoms with Gasteiger partial charge in [-0.15, -0.1) is 0 Å². The number of ether oxygens (including phenoxy) is 2. The SMILES string of the molecule is CC(=O)CCOCCOCCC(C)C.CCCCC(C)C.CCCCCCC(C)C.CCCCCCNC(=O)C(C)C.CCCCCNC(=O)C(C)C.CCCCNC(=O)C(C)C. The van der Waals surface area contributed by atoms with Gasteiger partial charge in [0.25, 0.3) is 0 Å². The van der Waals surface area contributed by atoms with E-state index in [1.165, 1.54) is 83.5 Å². The van der Waals surface area contributed by atoms with E-state index in [2.05, 4.69) is 92.1 Å². The van der Waals surface area contributed by atoms with Crippen LogP contribution in [0.25, 0.3) is 0 Å². The molecular weight excluding hydrogens is 787 g/mol. The van der Waals surface area contributed by atoms with Gasteiger partial charge in [0.1, 0.15) is 5.78 Å². The van der Waals surface area contributed by atoms with Gasteiger partial charge in [0.15, 0.2) is 0 Å². The second-order valence-electron chi connectivity index (χ2n) is 19.1. The number of carbonyl (C=O) groups is 4. The zero-order valence-corrected chi connectivity index (χ0v) is 45.8. The Morgan fingerprint density at radius 1 is 0.365 bits per heavy atom. The van der Waals surface area contributed by atoms with Gasteiger partial charge in [-0.3, -0.25) is 19.2 Å². The number of nitrogens with one attached hydrogen (secondary N) is 3. The minimum Gasteiger partial charge on any atom is -0.379 e. The maximum Gasteiger partial charge on any atom is 0.222 e. The molecule has 0 aliphatic rings. The van der Waals surface area contributed by atoms with Gasteiger partial charge in [0, 0.05) is 50.4 Å². The first-order valence-corrected chi connectivity index (χ1v) is 26.2. The molecular formula is C54H115N3O6. The number of ketones is 1. The molecule has 63 heavy (non-hydrogen) atoms. The van der Waals surface area contributed by atoms with E-state index in [0.717, 1.165) is 70.2 Å². The second-order valence-corrected chi connectivity index (χ2v) is 19.1. The molecule has 382 valence electrons. The summed E-state index contributed by atoms with van der Waals surface area (Å²) in [6, 6.07) is 0. The third-order valence-electron chi connectivity index (χ3n) is 9.39. The van der Waals surface area contributed by atoms with E-state index in [4.69, 9.17) is 9.47 Å². The number of hydrogen-bond acceptors (Lipinski definition) is 6. The van der Waals surface area contributed by atoms with Crippen molar-refractivity contribution in [3.8, 4) is 0 Å². The highest BCUT2D eigenvalue weighted by Gasteiger charge is 2.06. The van der Waals surface area contributed by atoms with Crippen molar-refractivity contribution in [2.75, 3.05) is 46.1 Å². The molecule has 0 aromatic rings. The fraction of sp³-hybridized carbons (Fsp3) is 0.926. The largest absolute Gasteiger partial charge is 0.379 e. The monoisotopic (exact) mass is 902 g/mol.